The largest absolute Gasteiger partial charge is 0.423 e. The van der Waals surface area contributed by atoms with E-state index in [9.17, 15) is 14.2 Å². The highest BCUT2D eigenvalue weighted by atomic mass is 31.2. The number of carbonyl (C=O) groups excluding carboxylic acids is 1. The van der Waals surface area contributed by atoms with Crippen LogP contribution in [0, 0.1) is 0 Å². The Morgan fingerprint density at radius 1 is 1.33 bits per heavy atom. The molecule has 1 aromatic carbocycles. The van der Waals surface area contributed by atoms with Crippen molar-refractivity contribution in [1.29, 1.82) is 0 Å². The van der Waals surface area contributed by atoms with Crippen LogP contribution in [0.3, 0.4) is 0 Å². The van der Waals surface area contributed by atoms with Gasteiger partial charge in [0.05, 0.1) is 19.2 Å². The smallest absolute Gasteiger partial charge is 0.404 e. The molecule has 1 aliphatic heterocycles. The second-order valence-electron chi connectivity index (χ2n) is 8.90. The van der Waals surface area contributed by atoms with Gasteiger partial charge in [-0.3, -0.25) is 13.9 Å². The van der Waals surface area contributed by atoms with E-state index in [1.165, 1.54) is 16.8 Å². The van der Waals surface area contributed by atoms with E-state index in [1.54, 1.807) is 24.3 Å². The van der Waals surface area contributed by atoms with Gasteiger partial charge in [0.15, 0.2) is 6.35 Å². The van der Waals surface area contributed by atoms with E-state index in [2.05, 4.69) is 10.3 Å². The van der Waals surface area contributed by atoms with Crippen molar-refractivity contribution in [2.75, 3.05) is 18.7 Å². The van der Waals surface area contributed by atoms with Gasteiger partial charge in [-0.15, -0.1) is 0 Å². The molecule has 11 nitrogen and oxygen atoms in total. The molecule has 12 heteroatoms. The molecule has 0 bridgehead atoms. The Bertz CT molecular complexity index is 1070. The molecule has 0 aliphatic carbocycles. The van der Waals surface area contributed by atoms with Gasteiger partial charge < -0.3 is 26.0 Å². The van der Waals surface area contributed by atoms with E-state index < -0.39 is 25.4 Å². The minimum atomic E-state index is -3.51. The highest BCUT2D eigenvalue weighted by molar-refractivity contribution is 7.54. The number of anilines is 1. The van der Waals surface area contributed by atoms with E-state index in [0.717, 1.165) is 5.56 Å². The molecule has 1 saturated heterocycles. The molecule has 1 amide bonds. The van der Waals surface area contributed by atoms with Gasteiger partial charge in [0.2, 0.25) is 5.91 Å². The number of nitrogen functional groups attached to an aromatic ring is 1. The second-order valence-corrected chi connectivity index (χ2v) is 10.8. The van der Waals surface area contributed by atoms with Crippen molar-refractivity contribution in [2.45, 2.75) is 51.4 Å². The van der Waals surface area contributed by atoms with Crippen molar-refractivity contribution >= 4 is 19.3 Å². The maximum absolute atomic E-state index is 12.9. The first-order chi connectivity index (χ1) is 15.4. The third kappa shape index (κ3) is 7.40. The molecule has 3 atom stereocenters. The zero-order valence-corrected chi connectivity index (χ0v) is 19.8. The summed E-state index contributed by atoms with van der Waals surface area (Å²) < 4.78 is 30.8. The minimum absolute atomic E-state index is 0.0100. The summed E-state index contributed by atoms with van der Waals surface area (Å²) in [5, 5.41) is 2.85. The fourth-order valence-corrected chi connectivity index (χ4v) is 4.50. The van der Waals surface area contributed by atoms with Crippen molar-refractivity contribution < 1.29 is 23.1 Å². The lowest BCUT2D eigenvalue weighted by Crippen LogP contribution is -2.49. The SMILES string of the molecule is CC(C)(C)NC(=O)[C@H](N)Cc1ccc(O[P@@]2(=O)CO[C@@H](Cn3ccc(N)nc3=O)CO2)cc1. The van der Waals surface area contributed by atoms with Gasteiger partial charge in [-0.25, -0.2) is 9.36 Å². The first kappa shape index (κ1) is 24.9. The number of carbonyl (C=O) groups is 1. The molecule has 1 aromatic heterocycles. The Morgan fingerprint density at radius 2 is 2.03 bits per heavy atom. The molecule has 0 saturated carbocycles. The zero-order chi connectivity index (χ0) is 24.2. The van der Waals surface area contributed by atoms with Crippen molar-refractivity contribution in [3.05, 3.63) is 52.6 Å². The van der Waals surface area contributed by atoms with Crippen molar-refractivity contribution in [2.24, 2.45) is 5.73 Å². The molecule has 1 fully saturated rings. The molecule has 3 rings (SSSR count). The molecule has 2 aromatic rings. The summed E-state index contributed by atoms with van der Waals surface area (Å²) in [6, 6.07) is 7.59. The molecule has 0 unspecified atom stereocenters. The molecule has 0 spiro atoms. The summed E-state index contributed by atoms with van der Waals surface area (Å²) >= 11 is 0. The van der Waals surface area contributed by atoms with Crippen LogP contribution in [0.25, 0.3) is 0 Å². The topological polar surface area (TPSA) is 161 Å². The minimum Gasteiger partial charge on any atom is -0.423 e. The lowest BCUT2D eigenvalue weighted by molar-refractivity contribution is -0.123. The van der Waals surface area contributed by atoms with Crippen LogP contribution >= 0.6 is 7.60 Å². The van der Waals surface area contributed by atoms with Crippen LogP contribution in [0.4, 0.5) is 5.82 Å². The molecule has 1 aliphatic rings. The summed E-state index contributed by atoms with van der Waals surface area (Å²) in [4.78, 5) is 27.6. The summed E-state index contributed by atoms with van der Waals surface area (Å²) in [6.45, 7) is 5.84. The van der Waals surface area contributed by atoms with Crippen LogP contribution in [-0.4, -0.2) is 46.1 Å². The standard InChI is InChI=1S/C21H30N5O6P/c1-21(2,3)25-19(27)17(22)10-14-4-6-15(7-5-14)32-33(29)13-30-16(12-31-33)11-26-9-8-18(23)24-20(26)28/h4-9,16-17H,10-13,22H2,1-3H3,(H,25,27)(H2,23,24,28)/t16-,17+,33+/m0/s1. The third-order valence-corrected chi connectivity index (χ3v) is 6.18. The van der Waals surface area contributed by atoms with Crippen molar-refractivity contribution in [1.82, 2.24) is 14.9 Å². The number of amides is 1. The number of hydrogen-bond acceptors (Lipinski definition) is 9. The van der Waals surface area contributed by atoms with Crippen LogP contribution in [-0.2, 0) is 31.6 Å². The van der Waals surface area contributed by atoms with Gasteiger partial charge >= 0.3 is 13.3 Å². The molecular weight excluding hydrogens is 449 g/mol. The Labute approximate surface area is 192 Å². The molecule has 2 heterocycles. The number of rotatable bonds is 7. The molecule has 0 radical (unpaired) electrons. The van der Waals surface area contributed by atoms with E-state index in [0.29, 0.717) is 12.2 Å². The predicted octanol–water partition coefficient (Wildman–Crippen LogP) is 1.26. The fourth-order valence-electron chi connectivity index (χ4n) is 3.09. The van der Waals surface area contributed by atoms with Crippen LogP contribution in [0.1, 0.15) is 26.3 Å². The first-order valence-electron chi connectivity index (χ1n) is 10.5. The number of nitrogens with zero attached hydrogens (tertiary/aromatic N) is 2. The Kier molecular flexibility index (Phi) is 7.58. The number of benzene rings is 1. The summed E-state index contributed by atoms with van der Waals surface area (Å²) in [5.74, 6) is 0.249. The van der Waals surface area contributed by atoms with Gasteiger partial charge in [0.1, 0.15) is 17.7 Å². The lowest BCUT2D eigenvalue weighted by Gasteiger charge is -2.29. The average Bonchev–Trinajstić information content (AvgIpc) is 2.72. The summed E-state index contributed by atoms with van der Waals surface area (Å²) in [7, 11) is -3.51. The average molecular weight is 479 g/mol. The van der Waals surface area contributed by atoms with Gasteiger partial charge in [-0.2, -0.15) is 4.98 Å². The zero-order valence-electron chi connectivity index (χ0n) is 18.9. The van der Waals surface area contributed by atoms with E-state index in [1.807, 2.05) is 20.8 Å². The lowest BCUT2D eigenvalue weighted by atomic mass is 10.0. The summed E-state index contributed by atoms with van der Waals surface area (Å²) in [5.41, 5.74) is 11.4. The number of nitrogens with two attached hydrogens (primary N) is 2. The fraction of sp³-hybridized carbons (Fsp3) is 0.476. The maximum atomic E-state index is 12.9. The molecule has 5 N–H and O–H groups in total. The highest BCUT2D eigenvalue weighted by Crippen LogP contribution is 2.50. The van der Waals surface area contributed by atoms with E-state index >= 15 is 0 Å². The van der Waals surface area contributed by atoms with Gasteiger partial charge in [0, 0.05) is 11.7 Å². The van der Waals surface area contributed by atoms with Gasteiger partial charge in [-0.1, -0.05) is 12.1 Å². The third-order valence-electron chi connectivity index (χ3n) is 4.68. The van der Waals surface area contributed by atoms with Crippen LogP contribution in [0.5, 0.6) is 5.75 Å². The van der Waals surface area contributed by atoms with Crippen LogP contribution in [0.15, 0.2) is 41.3 Å². The van der Waals surface area contributed by atoms with Gasteiger partial charge in [-0.05, 0) is 51.0 Å². The number of hydrogen-bond donors (Lipinski definition) is 3. The van der Waals surface area contributed by atoms with E-state index in [-0.39, 0.29) is 36.8 Å². The predicted molar refractivity (Wildman–Crippen MR) is 123 cm³/mol. The Hall–Kier alpha value is -2.72. The first-order valence-corrected chi connectivity index (χ1v) is 12.2. The van der Waals surface area contributed by atoms with Gasteiger partial charge in [0.25, 0.3) is 0 Å². The molecule has 180 valence electrons. The van der Waals surface area contributed by atoms with Crippen LogP contribution < -0.4 is 27.0 Å². The Morgan fingerprint density at radius 3 is 2.61 bits per heavy atom. The normalized spacial score (nSPS) is 21.9. The van der Waals surface area contributed by atoms with Crippen LogP contribution in [0.2, 0.25) is 0 Å². The van der Waals surface area contributed by atoms with Crippen molar-refractivity contribution in [3.63, 3.8) is 0 Å². The Balaban J connectivity index is 1.51. The molecular formula is C21H30N5O6P. The quantitative estimate of drug-likeness (QED) is 0.497. The van der Waals surface area contributed by atoms with E-state index in [4.69, 9.17) is 25.3 Å². The summed E-state index contributed by atoms with van der Waals surface area (Å²) in [6.07, 6.45) is 1.12. The maximum Gasteiger partial charge on any atom is 0.404 e. The number of nitrogens with one attached hydrogen (secondary N) is 1. The number of ether oxygens (including phenoxy) is 1. The number of aromatic nitrogens is 2. The molecule has 33 heavy (non-hydrogen) atoms. The second kappa shape index (κ2) is 10.0. The monoisotopic (exact) mass is 479 g/mol. The highest BCUT2D eigenvalue weighted by Gasteiger charge is 2.35. The van der Waals surface area contributed by atoms with Crippen molar-refractivity contribution in [3.8, 4) is 5.75 Å².